The van der Waals surface area contributed by atoms with Gasteiger partial charge >= 0.3 is 0 Å². The molecule has 0 N–H and O–H groups in total. The molecule has 0 amide bonds. The molecule has 0 spiro atoms. The Balaban J connectivity index is 1.87. The average molecular weight is 365 g/mol. The zero-order valence-corrected chi connectivity index (χ0v) is 14.8. The van der Waals surface area contributed by atoms with E-state index < -0.39 is 0 Å². The van der Waals surface area contributed by atoms with Crippen LogP contribution >= 0.6 is 15.9 Å². The third-order valence-corrected chi connectivity index (χ3v) is 4.89. The minimum Gasteiger partial charge on any atom is -0.496 e. The van der Waals surface area contributed by atoms with Crippen molar-refractivity contribution in [1.29, 1.82) is 0 Å². The van der Waals surface area contributed by atoms with Gasteiger partial charge < -0.3 is 9.26 Å². The summed E-state index contributed by atoms with van der Waals surface area (Å²) in [4.78, 5) is 2.50. The SMILES string of the molecule is COc1ccc(Br)cc1CN1CCC[C@@H]1c1c(C)noc1C. The normalized spacial score (nSPS) is 18.8. The zero-order valence-electron chi connectivity index (χ0n) is 13.2. The lowest BCUT2D eigenvalue weighted by Crippen LogP contribution is -2.23. The Labute approximate surface area is 139 Å². The number of benzene rings is 1. The first-order chi connectivity index (χ1) is 10.6. The van der Waals surface area contributed by atoms with Gasteiger partial charge in [0.05, 0.1) is 12.8 Å². The van der Waals surface area contributed by atoms with Crippen molar-refractivity contribution in [2.45, 2.75) is 39.3 Å². The van der Waals surface area contributed by atoms with Gasteiger partial charge in [0.2, 0.25) is 0 Å². The molecule has 1 aliphatic rings. The van der Waals surface area contributed by atoms with Crippen molar-refractivity contribution in [3.05, 3.63) is 45.3 Å². The molecular formula is C17H21BrN2O2. The summed E-state index contributed by atoms with van der Waals surface area (Å²) in [6.45, 7) is 6.00. The van der Waals surface area contributed by atoms with Crippen molar-refractivity contribution in [3.63, 3.8) is 0 Å². The van der Waals surface area contributed by atoms with E-state index in [0.29, 0.717) is 6.04 Å². The fraction of sp³-hybridized carbons (Fsp3) is 0.471. The lowest BCUT2D eigenvalue weighted by Gasteiger charge is -2.25. The molecule has 0 saturated carbocycles. The molecule has 0 aliphatic carbocycles. The van der Waals surface area contributed by atoms with E-state index in [1.165, 1.54) is 17.5 Å². The van der Waals surface area contributed by atoms with Crippen LogP contribution in [0.3, 0.4) is 0 Å². The summed E-state index contributed by atoms with van der Waals surface area (Å²) in [6, 6.07) is 6.55. The minimum absolute atomic E-state index is 0.384. The van der Waals surface area contributed by atoms with Crippen molar-refractivity contribution in [3.8, 4) is 5.75 Å². The van der Waals surface area contributed by atoms with E-state index in [4.69, 9.17) is 9.26 Å². The topological polar surface area (TPSA) is 38.5 Å². The quantitative estimate of drug-likeness (QED) is 0.805. The van der Waals surface area contributed by atoms with Crippen molar-refractivity contribution in [1.82, 2.24) is 10.1 Å². The van der Waals surface area contributed by atoms with E-state index in [1.807, 2.05) is 26.0 Å². The molecule has 3 rings (SSSR count). The number of nitrogens with zero attached hydrogens (tertiary/aromatic N) is 2. The summed E-state index contributed by atoms with van der Waals surface area (Å²) < 4.78 is 11.9. The number of hydrogen-bond acceptors (Lipinski definition) is 4. The van der Waals surface area contributed by atoms with Crippen LogP contribution in [-0.2, 0) is 6.54 Å². The molecule has 5 heteroatoms. The van der Waals surface area contributed by atoms with Crippen LogP contribution in [0.5, 0.6) is 5.75 Å². The highest BCUT2D eigenvalue weighted by Crippen LogP contribution is 2.37. The first kappa shape index (κ1) is 15.6. The van der Waals surface area contributed by atoms with E-state index in [9.17, 15) is 0 Å². The van der Waals surface area contributed by atoms with Gasteiger partial charge in [-0.1, -0.05) is 21.1 Å². The predicted octanol–water partition coefficient (Wildman–Crippen LogP) is 4.40. The molecule has 1 fully saturated rings. The molecule has 1 aromatic carbocycles. The van der Waals surface area contributed by atoms with Gasteiger partial charge in [0.15, 0.2) is 0 Å². The molecule has 0 bridgehead atoms. The van der Waals surface area contributed by atoms with Crippen LogP contribution in [0.25, 0.3) is 0 Å². The molecule has 118 valence electrons. The summed E-state index contributed by atoms with van der Waals surface area (Å²) >= 11 is 3.55. The van der Waals surface area contributed by atoms with Gasteiger partial charge in [-0.05, 0) is 51.4 Å². The number of methoxy groups -OCH3 is 1. The molecule has 0 radical (unpaired) electrons. The molecular weight excluding hydrogens is 344 g/mol. The van der Waals surface area contributed by atoms with Gasteiger partial charge in [0, 0.05) is 28.2 Å². The molecule has 1 atom stereocenters. The number of aromatic nitrogens is 1. The predicted molar refractivity (Wildman–Crippen MR) is 89.1 cm³/mol. The lowest BCUT2D eigenvalue weighted by atomic mass is 10.0. The molecule has 1 aromatic heterocycles. The van der Waals surface area contributed by atoms with Crippen LogP contribution < -0.4 is 4.74 Å². The number of halogens is 1. The Kier molecular flexibility index (Phi) is 4.54. The molecule has 1 saturated heterocycles. The third-order valence-electron chi connectivity index (χ3n) is 4.40. The second-order valence-corrected chi connectivity index (χ2v) is 6.74. The number of hydrogen-bond donors (Lipinski definition) is 0. The van der Waals surface area contributed by atoms with Crippen LogP contribution in [-0.4, -0.2) is 23.7 Å². The van der Waals surface area contributed by atoms with Crippen molar-refractivity contribution in [2.24, 2.45) is 0 Å². The largest absolute Gasteiger partial charge is 0.496 e. The van der Waals surface area contributed by atoms with Crippen molar-refractivity contribution >= 4 is 15.9 Å². The van der Waals surface area contributed by atoms with Gasteiger partial charge in [0.25, 0.3) is 0 Å². The lowest BCUT2D eigenvalue weighted by molar-refractivity contribution is 0.242. The van der Waals surface area contributed by atoms with Crippen LogP contribution in [0, 0.1) is 13.8 Å². The first-order valence-electron chi connectivity index (χ1n) is 7.59. The summed E-state index contributed by atoms with van der Waals surface area (Å²) in [5, 5.41) is 4.12. The van der Waals surface area contributed by atoms with Gasteiger partial charge in [-0.25, -0.2) is 0 Å². The highest BCUT2D eigenvalue weighted by Gasteiger charge is 2.31. The fourth-order valence-electron chi connectivity index (χ4n) is 3.40. The van der Waals surface area contributed by atoms with Crippen LogP contribution in [0.2, 0.25) is 0 Å². The standard InChI is InChI=1S/C17H21BrN2O2/c1-11-17(12(2)22-19-11)15-5-4-8-20(15)10-13-9-14(18)6-7-16(13)21-3/h6-7,9,15H,4-5,8,10H2,1-3H3/t15-/m1/s1. The Hall–Kier alpha value is -1.33. The Morgan fingerprint density at radius 1 is 1.41 bits per heavy atom. The van der Waals surface area contributed by atoms with E-state index in [2.05, 4.69) is 32.1 Å². The number of likely N-dealkylation sites (tertiary alicyclic amines) is 1. The van der Waals surface area contributed by atoms with Crippen LogP contribution in [0.1, 0.15) is 41.5 Å². The summed E-state index contributed by atoms with van der Waals surface area (Å²) in [6.07, 6.45) is 2.35. The van der Waals surface area contributed by atoms with E-state index in [-0.39, 0.29) is 0 Å². The Morgan fingerprint density at radius 3 is 2.91 bits per heavy atom. The maximum atomic E-state index is 5.51. The second kappa shape index (κ2) is 6.42. The highest BCUT2D eigenvalue weighted by molar-refractivity contribution is 9.10. The number of rotatable bonds is 4. The Morgan fingerprint density at radius 2 is 2.23 bits per heavy atom. The fourth-order valence-corrected chi connectivity index (χ4v) is 3.81. The smallest absolute Gasteiger partial charge is 0.138 e. The van der Waals surface area contributed by atoms with E-state index >= 15 is 0 Å². The van der Waals surface area contributed by atoms with Crippen molar-refractivity contribution < 1.29 is 9.26 Å². The van der Waals surface area contributed by atoms with Gasteiger partial charge in [-0.15, -0.1) is 0 Å². The maximum Gasteiger partial charge on any atom is 0.138 e. The average Bonchev–Trinajstić information content (AvgIpc) is 3.06. The third kappa shape index (κ3) is 2.92. The van der Waals surface area contributed by atoms with Gasteiger partial charge in [0.1, 0.15) is 11.5 Å². The van der Waals surface area contributed by atoms with Crippen LogP contribution in [0.15, 0.2) is 27.2 Å². The molecule has 0 unspecified atom stereocenters. The first-order valence-corrected chi connectivity index (χ1v) is 8.38. The highest BCUT2D eigenvalue weighted by atomic mass is 79.9. The minimum atomic E-state index is 0.384. The molecule has 22 heavy (non-hydrogen) atoms. The molecule has 4 nitrogen and oxygen atoms in total. The molecule has 1 aliphatic heterocycles. The summed E-state index contributed by atoms with van der Waals surface area (Å²) in [7, 11) is 1.72. The molecule has 2 aromatic rings. The van der Waals surface area contributed by atoms with E-state index in [0.717, 1.165) is 41.2 Å². The number of ether oxygens (including phenoxy) is 1. The maximum absolute atomic E-state index is 5.51. The summed E-state index contributed by atoms with van der Waals surface area (Å²) in [5.74, 6) is 1.88. The summed E-state index contributed by atoms with van der Waals surface area (Å²) in [5.41, 5.74) is 3.47. The van der Waals surface area contributed by atoms with E-state index in [1.54, 1.807) is 7.11 Å². The Bertz CT molecular complexity index is 649. The zero-order chi connectivity index (χ0) is 15.7. The second-order valence-electron chi connectivity index (χ2n) is 5.82. The monoisotopic (exact) mass is 364 g/mol. The molecule has 2 heterocycles. The van der Waals surface area contributed by atoms with Gasteiger partial charge in [-0.3, -0.25) is 4.90 Å². The number of aryl methyl sites for hydroxylation is 2. The van der Waals surface area contributed by atoms with Gasteiger partial charge in [-0.2, -0.15) is 0 Å². The van der Waals surface area contributed by atoms with Crippen molar-refractivity contribution in [2.75, 3.05) is 13.7 Å². The van der Waals surface area contributed by atoms with Crippen LogP contribution in [0.4, 0.5) is 0 Å².